The summed E-state index contributed by atoms with van der Waals surface area (Å²) in [5.74, 6) is 0. The van der Waals surface area contributed by atoms with Crippen LogP contribution in [0, 0.1) is 0 Å². The van der Waals surface area contributed by atoms with Crippen LogP contribution in [0.2, 0.25) is 0 Å². The van der Waals surface area contributed by atoms with E-state index in [9.17, 15) is 0 Å². The maximum atomic E-state index is 6.30. The van der Waals surface area contributed by atoms with Gasteiger partial charge >= 0.3 is 0 Å². The average molecular weight is 255 g/mol. The highest BCUT2D eigenvalue weighted by molar-refractivity contribution is 4.77. The lowest BCUT2D eigenvalue weighted by Gasteiger charge is -2.24. The third-order valence-corrected chi connectivity index (χ3v) is 3.95. The van der Waals surface area contributed by atoms with Crippen LogP contribution in [0.3, 0.4) is 0 Å². The lowest BCUT2D eigenvalue weighted by Crippen LogP contribution is -2.35. The molecule has 0 aromatic heterocycles. The maximum absolute atomic E-state index is 6.30. The number of nitrogens with two attached hydrogens (primary N) is 1. The normalized spacial score (nSPS) is 14.7. The highest BCUT2D eigenvalue weighted by Crippen LogP contribution is 2.19. The van der Waals surface area contributed by atoms with Gasteiger partial charge in [-0.3, -0.25) is 0 Å². The number of hydrogen-bond acceptors (Lipinski definition) is 1. The Morgan fingerprint density at radius 2 is 1.00 bits per heavy atom. The molecule has 110 valence electrons. The number of rotatable bonds is 13. The lowest BCUT2D eigenvalue weighted by atomic mass is 9.90. The van der Waals surface area contributed by atoms with Gasteiger partial charge < -0.3 is 5.73 Å². The minimum Gasteiger partial charge on any atom is -0.325 e. The summed E-state index contributed by atoms with van der Waals surface area (Å²) in [5.41, 5.74) is 6.39. The molecule has 0 saturated carbocycles. The van der Waals surface area contributed by atoms with Crippen LogP contribution >= 0.6 is 0 Å². The Bertz CT molecular complexity index is 163. The van der Waals surface area contributed by atoms with Gasteiger partial charge in [-0.1, -0.05) is 84.5 Å². The molecule has 0 saturated heterocycles. The molecule has 0 amide bonds. The largest absolute Gasteiger partial charge is 0.325 e. The van der Waals surface area contributed by atoms with Crippen molar-refractivity contribution in [2.45, 2.75) is 110 Å². The Labute approximate surface area is 116 Å². The van der Waals surface area contributed by atoms with E-state index in [0.717, 1.165) is 0 Å². The van der Waals surface area contributed by atoms with Crippen LogP contribution in [0.5, 0.6) is 0 Å². The van der Waals surface area contributed by atoms with E-state index >= 15 is 0 Å². The van der Waals surface area contributed by atoms with E-state index in [1.165, 1.54) is 83.5 Å². The molecule has 1 unspecified atom stereocenters. The maximum Gasteiger partial charge on any atom is 0.0125 e. The Morgan fingerprint density at radius 1 is 0.611 bits per heavy atom. The smallest absolute Gasteiger partial charge is 0.0125 e. The van der Waals surface area contributed by atoms with Gasteiger partial charge in [0.15, 0.2) is 0 Å². The van der Waals surface area contributed by atoms with Crippen molar-refractivity contribution in [3.63, 3.8) is 0 Å². The highest BCUT2D eigenvalue weighted by Gasteiger charge is 2.16. The third-order valence-electron chi connectivity index (χ3n) is 3.95. The number of unbranched alkanes of at least 4 members (excludes halogenated alkanes) is 9. The fourth-order valence-electron chi connectivity index (χ4n) is 2.55. The molecule has 0 aliphatic carbocycles. The summed E-state index contributed by atoms with van der Waals surface area (Å²) in [6, 6.07) is 0. The molecular weight excluding hydrogens is 218 g/mol. The van der Waals surface area contributed by atoms with Crippen LogP contribution in [0.1, 0.15) is 104 Å². The lowest BCUT2D eigenvalue weighted by molar-refractivity contribution is 0.369. The van der Waals surface area contributed by atoms with Crippen molar-refractivity contribution in [1.82, 2.24) is 0 Å². The molecule has 0 aromatic carbocycles. The first-order valence-corrected chi connectivity index (χ1v) is 8.41. The quantitative estimate of drug-likeness (QED) is 0.413. The van der Waals surface area contributed by atoms with Crippen LogP contribution in [0.25, 0.3) is 0 Å². The number of hydrogen-bond donors (Lipinski definition) is 1. The summed E-state index contributed by atoms with van der Waals surface area (Å²) in [6.45, 7) is 6.75. The van der Waals surface area contributed by atoms with Crippen molar-refractivity contribution in [1.29, 1.82) is 0 Å². The zero-order valence-corrected chi connectivity index (χ0v) is 13.3. The Morgan fingerprint density at radius 3 is 1.50 bits per heavy atom. The van der Waals surface area contributed by atoms with Gasteiger partial charge in [-0.2, -0.15) is 0 Å². The summed E-state index contributed by atoms with van der Waals surface area (Å²) in [6.07, 6.45) is 17.6. The van der Waals surface area contributed by atoms with Crippen molar-refractivity contribution in [2.24, 2.45) is 5.73 Å². The predicted octanol–water partition coefficient (Wildman–Crippen LogP) is 5.81. The minimum absolute atomic E-state index is 0.0944. The molecule has 0 rings (SSSR count). The monoisotopic (exact) mass is 255 g/mol. The first-order chi connectivity index (χ1) is 8.62. The second-order valence-corrected chi connectivity index (χ2v) is 6.34. The van der Waals surface area contributed by atoms with Gasteiger partial charge in [0, 0.05) is 5.54 Å². The molecule has 2 N–H and O–H groups in total. The van der Waals surface area contributed by atoms with Gasteiger partial charge in [-0.05, 0) is 19.8 Å². The fraction of sp³-hybridized carbons (Fsp3) is 1.00. The Balaban J connectivity index is 3.23. The van der Waals surface area contributed by atoms with Crippen molar-refractivity contribution >= 4 is 0 Å². The molecule has 1 atom stereocenters. The summed E-state index contributed by atoms with van der Waals surface area (Å²) in [4.78, 5) is 0. The van der Waals surface area contributed by atoms with Crippen molar-refractivity contribution in [3.05, 3.63) is 0 Å². The van der Waals surface area contributed by atoms with Crippen molar-refractivity contribution < 1.29 is 0 Å². The molecular formula is C17H37N. The molecule has 0 radical (unpaired) electrons. The second-order valence-electron chi connectivity index (χ2n) is 6.34. The molecule has 1 heteroatoms. The van der Waals surface area contributed by atoms with Crippen LogP contribution in [-0.2, 0) is 0 Å². The van der Waals surface area contributed by atoms with Gasteiger partial charge in [-0.15, -0.1) is 0 Å². The van der Waals surface area contributed by atoms with Crippen LogP contribution in [-0.4, -0.2) is 5.54 Å². The molecule has 0 aromatic rings. The van der Waals surface area contributed by atoms with E-state index in [-0.39, 0.29) is 5.54 Å². The second kappa shape index (κ2) is 12.0. The van der Waals surface area contributed by atoms with E-state index in [0.29, 0.717) is 0 Å². The molecule has 0 aliphatic heterocycles. The van der Waals surface area contributed by atoms with Crippen LogP contribution in [0.15, 0.2) is 0 Å². The summed E-state index contributed by atoms with van der Waals surface area (Å²) in [5, 5.41) is 0. The molecule has 18 heavy (non-hydrogen) atoms. The van der Waals surface area contributed by atoms with Gasteiger partial charge in [0.1, 0.15) is 0 Å². The first-order valence-electron chi connectivity index (χ1n) is 8.41. The zero-order chi connectivity index (χ0) is 13.7. The Kier molecular flexibility index (Phi) is 12.0. The molecule has 0 bridgehead atoms. The van der Waals surface area contributed by atoms with Crippen LogP contribution in [0.4, 0.5) is 0 Å². The van der Waals surface area contributed by atoms with E-state index in [1.807, 2.05) is 0 Å². The topological polar surface area (TPSA) is 26.0 Å². The molecule has 0 heterocycles. The highest BCUT2D eigenvalue weighted by atomic mass is 14.7. The standard InChI is InChI=1S/C17H37N/c1-4-6-8-9-10-11-12-13-14-16-17(3,18)15-7-5-2/h4-16,18H2,1-3H3. The average Bonchev–Trinajstić information content (AvgIpc) is 2.34. The van der Waals surface area contributed by atoms with Gasteiger partial charge in [0.2, 0.25) is 0 Å². The minimum atomic E-state index is 0.0944. The molecule has 0 aliphatic rings. The SMILES string of the molecule is CCCCCCCCCCCC(C)(N)CCCC. The predicted molar refractivity (Wildman–Crippen MR) is 84.0 cm³/mol. The van der Waals surface area contributed by atoms with E-state index in [1.54, 1.807) is 0 Å². The van der Waals surface area contributed by atoms with Gasteiger partial charge in [-0.25, -0.2) is 0 Å². The summed E-state index contributed by atoms with van der Waals surface area (Å²) < 4.78 is 0. The Hall–Kier alpha value is -0.0400. The van der Waals surface area contributed by atoms with E-state index in [2.05, 4.69) is 20.8 Å². The van der Waals surface area contributed by atoms with Crippen LogP contribution < -0.4 is 5.73 Å². The molecule has 0 fully saturated rings. The van der Waals surface area contributed by atoms with E-state index < -0.39 is 0 Å². The first kappa shape index (κ1) is 18.0. The zero-order valence-electron chi connectivity index (χ0n) is 13.3. The van der Waals surface area contributed by atoms with Gasteiger partial charge in [0.05, 0.1) is 0 Å². The third kappa shape index (κ3) is 12.4. The summed E-state index contributed by atoms with van der Waals surface area (Å²) >= 11 is 0. The van der Waals surface area contributed by atoms with E-state index in [4.69, 9.17) is 5.73 Å². The fourth-order valence-corrected chi connectivity index (χ4v) is 2.55. The molecule has 1 nitrogen and oxygen atoms in total. The summed E-state index contributed by atoms with van der Waals surface area (Å²) in [7, 11) is 0. The molecule has 0 spiro atoms. The van der Waals surface area contributed by atoms with Crippen molar-refractivity contribution in [2.75, 3.05) is 0 Å². The van der Waals surface area contributed by atoms with Gasteiger partial charge in [0.25, 0.3) is 0 Å². The van der Waals surface area contributed by atoms with Crippen molar-refractivity contribution in [3.8, 4) is 0 Å².